The second-order valence-corrected chi connectivity index (χ2v) is 6.95. The Morgan fingerprint density at radius 3 is 2.80 bits per heavy atom. The maximum Gasteiger partial charge on any atom is 0.144 e. The molecule has 0 spiro atoms. The molecule has 0 amide bonds. The molecule has 1 aromatic heterocycles. The average molecular weight is 337 g/mol. The molecule has 0 aliphatic carbocycles. The van der Waals surface area contributed by atoms with Gasteiger partial charge >= 0.3 is 0 Å². The first kappa shape index (κ1) is 15.7. The van der Waals surface area contributed by atoms with E-state index < -0.39 is 16.6 Å². The van der Waals surface area contributed by atoms with Crippen molar-refractivity contribution in [1.82, 2.24) is 9.55 Å². The quantitative estimate of drug-likeness (QED) is 0.782. The van der Waals surface area contributed by atoms with Crippen LogP contribution in [-0.4, -0.2) is 31.6 Å². The van der Waals surface area contributed by atoms with Crippen molar-refractivity contribution in [1.29, 1.82) is 0 Å². The van der Waals surface area contributed by atoms with Gasteiger partial charge < -0.3 is 4.57 Å². The van der Waals surface area contributed by atoms with Crippen LogP contribution in [0.4, 0.5) is 4.39 Å². The summed E-state index contributed by atoms with van der Waals surface area (Å²) in [6.07, 6.45) is 2.21. The highest BCUT2D eigenvalue weighted by Gasteiger charge is 2.18. The number of hydrogen-bond acceptors (Lipinski definition) is 2. The molecule has 1 aromatic carbocycles. The van der Waals surface area contributed by atoms with Crippen molar-refractivity contribution in [3.8, 4) is 0 Å². The molecule has 110 valence electrons. The molecule has 7 heteroatoms. The van der Waals surface area contributed by atoms with Gasteiger partial charge in [-0.3, -0.25) is 4.21 Å². The molecule has 2 aromatic rings. The third-order valence-electron chi connectivity index (χ3n) is 3.04. The number of nitrogens with zero attached hydrogens (tertiary/aromatic N) is 2. The molecular weight excluding hydrogens is 322 g/mol. The molecule has 2 unspecified atom stereocenters. The summed E-state index contributed by atoms with van der Waals surface area (Å²) in [6.45, 7) is 1.94. The Hall–Kier alpha value is -0.650. The number of aryl methyl sites for hydroxylation is 1. The van der Waals surface area contributed by atoms with Crippen LogP contribution in [0, 0.1) is 5.82 Å². The third-order valence-corrected chi connectivity index (χ3v) is 4.47. The molecule has 0 radical (unpaired) electrons. The van der Waals surface area contributed by atoms with Crippen molar-refractivity contribution in [3.05, 3.63) is 28.8 Å². The Balaban J connectivity index is 2.61. The summed E-state index contributed by atoms with van der Waals surface area (Å²) in [5.41, 5.74) is 1.29. The molecule has 2 atom stereocenters. The third kappa shape index (κ3) is 3.15. The van der Waals surface area contributed by atoms with E-state index in [1.54, 1.807) is 6.26 Å². The standard InChI is InChI=1S/C13H15Cl2FN2OS/c1-8(7-20(2)19)18-12-6-10(16)9(15)5-11(12)17-13(18)3-4-14/h5-6,8H,3-4,7H2,1-2H3. The Morgan fingerprint density at radius 2 is 2.20 bits per heavy atom. The molecule has 2 rings (SSSR count). The van der Waals surface area contributed by atoms with Crippen LogP contribution in [0.1, 0.15) is 18.8 Å². The summed E-state index contributed by atoms with van der Waals surface area (Å²) >= 11 is 11.6. The molecule has 1 heterocycles. The molecule has 0 bridgehead atoms. The summed E-state index contributed by atoms with van der Waals surface area (Å²) in [7, 11) is -0.947. The van der Waals surface area contributed by atoms with E-state index >= 15 is 0 Å². The zero-order chi connectivity index (χ0) is 14.9. The van der Waals surface area contributed by atoms with Gasteiger partial charge in [0.05, 0.1) is 16.1 Å². The van der Waals surface area contributed by atoms with E-state index in [1.165, 1.54) is 12.1 Å². The topological polar surface area (TPSA) is 34.9 Å². The number of fused-ring (bicyclic) bond motifs is 1. The lowest BCUT2D eigenvalue weighted by Gasteiger charge is -2.16. The highest BCUT2D eigenvalue weighted by Crippen LogP contribution is 2.27. The van der Waals surface area contributed by atoms with Crippen molar-refractivity contribution in [2.75, 3.05) is 17.9 Å². The van der Waals surface area contributed by atoms with Crippen molar-refractivity contribution in [2.24, 2.45) is 0 Å². The maximum atomic E-state index is 13.7. The molecular formula is C13H15Cl2FN2OS. The first-order valence-corrected chi connectivity index (χ1v) is 8.79. The number of aromatic nitrogens is 2. The van der Waals surface area contributed by atoms with Gasteiger partial charge in [-0.1, -0.05) is 11.6 Å². The Kier molecular flexibility index (Phi) is 5.04. The lowest BCUT2D eigenvalue weighted by molar-refractivity contribution is 0.584. The monoisotopic (exact) mass is 336 g/mol. The summed E-state index contributed by atoms with van der Waals surface area (Å²) < 4.78 is 27.0. The first-order chi connectivity index (χ1) is 9.43. The van der Waals surface area contributed by atoms with E-state index in [0.717, 1.165) is 5.82 Å². The summed E-state index contributed by atoms with van der Waals surface area (Å²) in [6, 6.07) is 2.83. The van der Waals surface area contributed by atoms with Crippen molar-refractivity contribution >= 4 is 45.0 Å². The zero-order valence-electron chi connectivity index (χ0n) is 11.2. The van der Waals surface area contributed by atoms with E-state index in [0.29, 0.717) is 29.1 Å². The van der Waals surface area contributed by atoms with E-state index in [2.05, 4.69) is 4.98 Å². The fraction of sp³-hybridized carbons (Fsp3) is 0.462. The van der Waals surface area contributed by atoms with Crippen LogP contribution in [0.2, 0.25) is 5.02 Å². The van der Waals surface area contributed by atoms with Crippen LogP contribution >= 0.6 is 23.2 Å². The predicted molar refractivity (Wildman–Crippen MR) is 82.8 cm³/mol. The van der Waals surface area contributed by atoms with Gasteiger partial charge in [-0.2, -0.15) is 0 Å². The van der Waals surface area contributed by atoms with E-state index in [9.17, 15) is 8.60 Å². The lowest BCUT2D eigenvalue weighted by Crippen LogP contribution is -2.16. The van der Waals surface area contributed by atoms with Crippen LogP contribution in [0.5, 0.6) is 0 Å². The van der Waals surface area contributed by atoms with Crippen molar-refractivity contribution in [3.63, 3.8) is 0 Å². The fourth-order valence-corrected chi connectivity index (χ4v) is 3.46. The minimum atomic E-state index is -0.947. The normalized spacial score (nSPS) is 14.7. The van der Waals surface area contributed by atoms with Gasteiger partial charge in [0.25, 0.3) is 0 Å². The lowest BCUT2D eigenvalue weighted by atomic mass is 10.2. The smallest absolute Gasteiger partial charge is 0.144 e. The van der Waals surface area contributed by atoms with Crippen LogP contribution in [-0.2, 0) is 17.2 Å². The molecule has 0 saturated heterocycles. The second-order valence-electron chi connectivity index (χ2n) is 4.68. The highest BCUT2D eigenvalue weighted by atomic mass is 35.5. The molecule has 0 fully saturated rings. The van der Waals surface area contributed by atoms with E-state index in [1.807, 2.05) is 11.5 Å². The maximum absolute atomic E-state index is 13.7. The van der Waals surface area contributed by atoms with Crippen molar-refractivity contribution in [2.45, 2.75) is 19.4 Å². The van der Waals surface area contributed by atoms with Gasteiger partial charge in [-0.05, 0) is 13.0 Å². The van der Waals surface area contributed by atoms with Crippen LogP contribution < -0.4 is 0 Å². The summed E-state index contributed by atoms with van der Waals surface area (Å²) in [5, 5.41) is 0.0475. The number of benzene rings is 1. The van der Waals surface area contributed by atoms with E-state index in [-0.39, 0.29) is 11.1 Å². The van der Waals surface area contributed by atoms with Gasteiger partial charge in [0.15, 0.2) is 0 Å². The second kappa shape index (κ2) is 6.41. The summed E-state index contributed by atoms with van der Waals surface area (Å²) in [5.74, 6) is 1.17. The molecule has 0 N–H and O–H groups in total. The largest absolute Gasteiger partial charge is 0.324 e. The Morgan fingerprint density at radius 1 is 1.50 bits per heavy atom. The summed E-state index contributed by atoms with van der Waals surface area (Å²) in [4.78, 5) is 4.46. The minimum absolute atomic E-state index is 0.0475. The number of halogens is 3. The first-order valence-electron chi connectivity index (χ1n) is 6.16. The minimum Gasteiger partial charge on any atom is -0.324 e. The SMILES string of the molecule is CC(CS(C)=O)n1c(CCCl)nc2cc(Cl)c(F)cc21. The molecule has 0 saturated carbocycles. The Labute approximate surface area is 129 Å². The number of alkyl halides is 1. The van der Waals surface area contributed by atoms with Gasteiger partial charge in [0, 0.05) is 47.2 Å². The average Bonchev–Trinajstić information content (AvgIpc) is 2.67. The molecule has 0 aliphatic rings. The van der Waals surface area contributed by atoms with Gasteiger partial charge in [0.1, 0.15) is 11.6 Å². The number of hydrogen-bond donors (Lipinski definition) is 0. The predicted octanol–water partition coefficient (Wildman–Crippen LogP) is 3.55. The molecule has 3 nitrogen and oxygen atoms in total. The van der Waals surface area contributed by atoms with Gasteiger partial charge in [-0.15, -0.1) is 11.6 Å². The number of rotatable bonds is 5. The van der Waals surface area contributed by atoms with Crippen LogP contribution in [0.15, 0.2) is 12.1 Å². The van der Waals surface area contributed by atoms with Gasteiger partial charge in [-0.25, -0.2) is 9.37 Å². The van der Waals surface area contributed by atoms with Crippen LogP contribution in [0.3, 0.4) is 0 Å². The Bertz CT molecular complexity index is 659. The molecule has 20 heavy (non-hydrogen) atoms. The van der Waals surface area contributed by atoms with E-state index in [4.69, 9.17) is 23.2 Å². The van der Waals surface area contributed by atoms with Gasteiger partial charge in [0.2, 0.25) is 0 Å². The zero-order valence-corrected chi connectivity index (χ0v) is 13.5. The fourth-order valence-electron chi connectivity index (χ4n) is 2.31. The van der Waals surface area contributed by atoms with Crippen molar-refractivity contribution < 1.29 is 8.60 Å². The van der Waals surface area contributed by atoms with Crippen LogP contribution in [0.25, 0.3) is 11.0 Å². The molecule has 0 aliphatic heterocycles. The number of imidazole rings is 1. The highest BCUT2D eigenvalue weighted by molar-refractivity contribution is 7.84.